The lowest BCUT2D eigenvalue weighted by Gasteiger charge is -2.22. The van der Waals surface area contributed by atoms with Crippen molar-refractivity contribution in [1.29, 1.82) is 0 Å². The van der Waals surface area contributed by atoms with E-state index in [2.05, 4.69) is 0 Å². The van der Waals surface area contributed by atoms with Gasteiger partial charge in [0.15, 0.2) is 0 Å². The van der Waals surface area contributed by atoms with Crippen molar-refractivity contribution in [3.63, 3.8) is 0 Å². The second kappa shape index (κ2) is 7.09. The normalized spacial score (nSPS) is 13.7. The van der Waals surface area contributed by atoms with Crippen molar-refractivity contribution in [2.75, 3.05) is 14.2 Å². The molecule has 5 N–H and O–H groups in total. The molecule has 0 aliphatic heterocycles. The highest BCUT2D eigenvalue weighted by molar-refractivity contribution is 5.74. The molecule has 2 unspecified atom stereocenters. The number of carbonyl (C=O) groups is 1. The number of aliphatic hydroxyl groups is 3. The zero-order valence-electron chi connectivity index (χ0n) is 11.4. The molecule has 0 fully saturated rings. The van der Waals surface area contributed by atoms with Gasteiger partial charge in [-0.3, -0.25) is 4.79 Å². The first kappa shape index (κ1) is 16.2. The quantitative estimate of drug-likeness (QED) is 0.534. The van der Waals surface area contributed by atoms with Crippen molar-refractivity contribution in [1.82, 2.24) is 0 Å². The van der Waals surface area contributed by atoms with Gasteiger partial charge in [0.1, 0.15) is 17.6 Å². The van der Waals surface area contributed by atoms with Crippen LogP contribution in [0.5, 0.6) is 11.5 Å². The topological polar surface area (TPSA) is 122 Å². The number of carbonyl (C=O) groups excluding carboxylic acids is 1. The molecule has 1 aromatic rings. The number of nitrogens with two attached hydrogens (primary N) is 1. The van der Waals surface area contributed by atoms with Gasteiger partial charge in [-0.05, 0) is 17.7 Å². The SMILES string of the molecule is COc1cc(CO)cc(OC)c1C(O)C(O)CC(N)=O. The molecule has 0 saturated carbocycles. The highest BCUT2D eigenvalue weighted by Crippen LogP contribution is 2.37. The van der Waals surface area contributed by atoms with E-state index >= 15 is 0 Å². The minimum Gasteiger partial charge on any atom is -0.496 e. The van der Waals surface area contributed by atoms with Crippen molar-refractivity contribution in [2.24, 2.45) is 5.73 Å². The van der Waals surface area contributed by atoms with Gasteiger partial charge in [0.05, 0.1) is 38.9 Å². The fraction of sp³-hybridized carbons (Fsp3) is 0.462. The second-order valence-electron chi connectivity index (χ2n) is 4.25. The van der Waals surface area contributed by atoms with Crippen LogP contribution in [-0.4, -0.2) is 41.6 Å². The van der Waals surface area contributed by atoms with Crippen LogP contribution in [0.15, 0.2) is 12.1 Å². The number of ether oxygens (including phenoxy) is 2. The van der Waals surface area contributed by atoms with Crippen LogP contribution in [0.1, 0.15) is 23.7 Å². The lowest BCUT2D eigenvalue weighted by Crippen LogP contribution is -2.26. The van der Waals surface area contributed by atoms with Crippen LogP contribution in [0.3, 0.4) is 0 Å². The first-order valence-corrected chi connectivity index (χ1v) is 5.94. The van der Waals surface area contributed by atoms with E-state index in [9.17, 15) is 15.0 Å². The number of hydrogen-bond acceptors (Lipinski definition) is 6. The van der Waals surface area contributed by atoms with Crippen molar-refractivity contribution in [2.45, 2.75) is 25.2 Å². The molecule has 2 atom stereocenters. The number of hydrogen-bond donors (Lipinski definition) is 4. The summed E-state index contributed by atoms with van der Waals surface area (Å²) >= 11 is 0. The maximum Gasteiger partial charge on any atom is 0.220 e. The summed E-state index contributed by atoms with van der Waals surface area (Å²) in [4.78, 5) is 10.8. The summed E-state index contributed by atoms with van der Waals surface area (Å²) in [6.07, 6.45) is -3.18. The molecule has 0 aliphatic carbocycles. The van der Waals surface area contributed by atoms with Crippen LogP contribution in [0, 0.1) is 0 Å². The monoisotopic (exact) mass is 285 g/mol. The van der Waals surface area contributed by atoms with Crippen molar-refractivity contribution >= 4 is 5.91 Å². The van der Waals surface area contributed by atoms with Crippen LogP contribution in [0.2, 0.25) is 0 Å². The molecule has 0 aliphatic rings. The average molecular weight is 285 g/mol. The summed E-state index contributed by atoms with van der Waals surface area (Å²) in [6.45, 7) is -0.229. The van der Waals surface area contributed by atoms with Crippen LogP contribution in [-0.2, 0) is 11.4 Å². The molecule has 7 heteroatoms. The van der Waals surface area contributed by atoms with Crippen molar-refractivity contribution in [3.8, 4) is 11.5 Å². The molecular formula is C13H19NO6. The Balaban J connectivity index is 3.23. The smallest absolute Gasteiger partial charge is 0.220 e. The predicted molar refractivity (Wildman–Crippen MR) is 70.2 cm³/mol. The highest BCUT2D eigenvalue weighted by atomic mass is 16.5. The van der Waals surface area contributed by atoms with Gasteiger partial charge in [0, 0.05) is 0 Å². The maximum absolute atomic E-state index is 10.8. The van der Waals surface area contributed by atoms with E-state index < -0.39 is 24.5 Å². The number of primary amides is 1. The van der Waals surface area contributed by atoms with E-state index in [1.807, 2.05) is 0 Å². The summed E-state index contributed by atoms with van der Waals surface area (Å²) in [5, 5.41) is 29.1. The molecule has 1 rings (SSSR count). The maximum atomic E-state index is 10.8. The Morgan fingerprint density at radius 1 is 1.25 bits per heavy atom. The fourth-order valence-electron chi connectivity index (χ4n) is 1.89. The lowest BCUT2D eigenvalue weighted by molar-refractivity contribution is -0.121. The van der Waals surface area contributed by atoms with Gasteiger partial charge in [0.25, 0.3) is 0 Å². The van der Waals surface area contributed by atoms with E-state index in [4.69, 9.17) is 20.3 Å². The van der Waals surface area contributed by atoms with Crippen LogP contribution in [0.25, 0.3) is 0 Å². The Hall–Kier alpha value is -1.83. The van der Waals surface area contributed by atoms with Crippen LogP contribution < -0.4 is 15.2 Å². The molecule has 0 aromatic heterocycles. The number of methoxy groups -OCH3 is 2. The molecule has 1 amide bonds. The molecule has 20 heavy (non-hydrogen) atoms. The summed E-state index contributed by atoms with van der Waals surface area (Å²) in [6, 6.07) is 3.02. The molecular weight excluding hydrogens is 266 g/mol. The minimum absolute atomic E-state index is 0.195. The third kappa shape index (κ3) is 3.60. The van der Waals surface area contributed by atoms with Gasteiger partial charge >= 0.3 is 0 Å². The summed E-state index contributed by atoms with van der Waals surface area (Å²) in [7, 11) is 2.76. The van der Waals surface area contributed by atoms with Gasteiger partial charge in [-0.15, -0.1) is 0 Å². The van der Waals surface area contributed by atoms with E-state index in [0.29, 0.717) is 5.56 Å². The molecule has 7 nitrogen and oxygen atoms in total. The molecule has 0 heterocycles. The van der Waals surface area contributed by atoms with Crippen molar-refractivity contribution in [3.05, 3.63) is 23.3 Å². The van der Waals surface area contributed by atoms with E-state index in [-0.39, 0.29) is 23.7 Å². The van der Waals surface area contributed by atoms with E-state index in [1.54, 1.807) is 0 Å². The molecule has 112 valence electrons. The summed E-state index contributed by atoms with van der Waals surface area (Å²) in [5.41, 5.74) is 5.71. The molecule has 0 radical (unpaired) electrons. The molecule has 0 spiro atoms. The lowest BCUT2D eigenvalue weighted by atomic mass is 9.98. The molecule has 0 bridgehead atoms. The van der Waals surface area contributed by atoms with Crippen LogP contribution >= 0.6 is 0 Å². The third-order valence-corrected chi connectivity index (χ3v) is 2.86. The van der Waals surface area contributed by atoms with Gasteiger partial charge in [-0.25, -0.2) is 0 Å². The zero-order chi connectivity index (χ0) is 15.3. The van der Waals surface area contributed by atoms with Gasteiger partial charge < -0.3 is 30.5 Å². The first-order valence-electron chi connectivity index (χ1n) is 5.94. The Bertz CT molecular complexity index is 451. The third-order valence-electron chi connectivity index (χ3n) is 2.86. The second-order valence-corrected chi connectivity index (χ2v) is 4.25. The molecule has 1 aromatic carbocycles. The minimum atomic E-state index is -1.40. The Morgan fingerprint density at radius 2 is 1.75 bits per heavy atom. The largest absolute Gasteiger partial charge is 0.496 e. The zero-order valence-corrected chi connectivity index (χ0v) is 11.4. The highest BCUT2D eigenvalue weighted by Gasteiger charge is 2.27. The van der Waals surface area contributed by atoms with Gasteiger partial charge in [0.2, 0.25) is 5.91 Å². The predicted octanol–water partition coefficient (Wildman–Crippen LogP) is -0.534. The summed E-state index contributed by atoms with van der Waals surface area (Å²) in [5.74, 6) is -0.254. The van der Waals surface area contributed by atoms with E-state index in [1.165, 1.54) is 26.4 Å². The Labute approximate surface area is 116 Å². The number of benzene rings is 1. The number of aliphatic hydroxyl groups excluding tert-OH is 3. The Kier molecular flexibility index (Phi) is 5.75. The van der Waals surface area contributed by atoms with E-state index in [0.717, 1.165) is 0 Å². The van der Waals surface area contributed by atoms with Gasteiger partial charge in [-0.1, -0.05) is 0 Å². The molecule has 0 saturated heterocycles. The Morgan fingerprint density at radius 3 is 2.10 bits per heavy atom. The van der Waals surface area contributed by atoms with Crippen LogP contribution in [0.4, 0.5) is 0 Å². The number of rotatable bonds is 7. The fourth-order valence-corrected chi connectivity index (χ4v) is 1.89. The first-order chi connectivity index (χ1) is 9.44. The van der Waals surface area contributed by atoms with Crippen molar-refractivity contribution < 1.29 is 29.6 Å². The standard InChI is InChI=1S/C13H19NO6/c1-19-9-3-7(6-15)4-10(20-2)12(9)13(18)8(16)5-11(14)17/h3-4,8,13,15-16,18H,5-6H2,1-2H3,(H2,14,17). The summed E-state index contributed by atoms with van der Waals surface area (Å²) < 4.78 is 10.3. The van der Waals surface area contributed by atoms with Gasteiger partial charge in [-0.2, -0.15) is 0 Å². The number of amides is 1. The average Bonchev–Trinajstić information content (AvgIpc) is 2.43.